The normalized spacial score (nSPS) is 19.2. The maximum atomic E-state index is 12.3. The lowest BCUT2D eigenvalue weighted by Crippen LogP contribution is -3.28. The number of carbonyl (C=O) groups excluding carboxylic acids is 1. The second kappa shape index (κ2) is 9.54. The van der Waals surface area contributed by atoms with E-state index in [0.717, 1.165) is 31.9 Å². The summed E-state index contributed by atoms with van der Waals surface area (Å²) in [5.41, 5.74) is 2.71. The molecule has 0 unspecified atom stereocenters. The van der Waals surface area contributed by atoms with Crippen LogP contribution in [0.2, 0.25) is 0 Å². The lowest BCUT2D eigenvalue weighted by atomic mass is 9.96. The van der Waals surface area contributed by atoms with E-state index >= 15 is 0 Å². The lowest BCUT2D eigenvalue weighted by molar-refractivity contribution is -1.02. The van der Waals surface area contributed by atoms with Crippen LogP contribution in [0, 0.1) is 0 Å². The number of quaternary nitrogens is 2. The number of carbonyl (C=O) groups is 1. The SMILES string of the molecule is O=C(C[NH+]1CC[NH+](C(c2ccccc2)c2ccccc2)CC1)NCc1ccco1. The van der Waals surface area contributed by atoms with E-state index in [4.69, 9.17) is 4.42 Å². The van der Waals surface area contributed by atoms with Gasteiger partial charge >= 0.3 is 0 Å². The highest BCUT2D eigenvalue weighted by Crippen LogP contribution is 2.18. The van der Waals surface area contributed by atoms with Crippen molar-refractivity contribution in [1.29, 1.82) is 0 Å². The highest BCUT2D eigenvalue weighted by molar-refractivity contribution is 5.76. The molecular weight excluding hydrogens is 362 g/mol. The van der Waals surface area contributed by atoms with E-state index in [9.17, 15) is 4.79 Å². The Morgan fingerprint density at radius 2 is 1.48 bits per heavy atom. The van der Waals surface area contributed by atoms with Crippen molar-refractivity contribution in [1.82, 2.24) is 5.32 Å². The van der Waals surface area contributed by atoms with Gasteiger partial charge in [0, 0.05) is 11.1 Å². The molecule has 0 saturated carbocycles. The van der Waals surface area contributed by atoms with Crippen LogP contribution in [-0.2, 0) is 11.3 Å². The minimum atomic E-state index is 0.0857. The van der Waals surface area contributed by atoms with E-state index in [-0.39, 0.29) is 5.91 Å². The summed E-state index contributed by atoms with van der Waals surface area (Å²) < 4.78 is 5.27. The monoisotopic (exact) mass is 391 g/mol. The number of piperazine rings is 1. The van der Waals surface area contributed by atoms with Crippen LogP contribution in [0.3, 0.4) is 0 Å². The Labute approximate surface area is 171 Å². The molecule has 0 spiro atoms. The molecule has 0 bridgehead atoms. The fourth-order valence-corrected chi connectivity index (χ4v) is 4.23. The number of furan rings is 1. The summed E-state index contributed by atoms with van der Waals surface area (Å²) in [6.45, 7) is 5.08. The Morgan fingerprint density at radius 1 is 0.862 bits per heavy atom. The minimum Gasteiger partial charge on any atom is -0.467 e. The maximum absolute atomic E-state index is 12.3. The molecule has 0 radical (unpaired) electrons. The average molecular weight is 392 g/mol. The van der Waals surface area contributed by atoms with Crippen LogP contribution in [0.1, 0.15) is 22.9 Å². The molecule has 1 aromatic heterocycles. The molecule has 1 fully saturated rings. The van der Waals surface area contributed by atoms with E-state index in [1.54, 1.807) is 11.2 Å². The van der Waals surface area contributed by atoms with Gasteiger partial charge in [0.05, 0.1) is 12.8 Å². The Balaban J connectivity index is 1.35. The molecule has 5 nitrogen and oxygen atoms in total. The second-order valence-corrected chi connectivity index (χ2v) is 7.70. The van der Waals surface area contributed by atoms with Gasteiger partial charge in [-0.25, -0.2) is 0 Å². The zero-order valence-electron chi connectivity index (χ0n) is 16.6. The quantitative estimate of drug-likeness (QED) is 0.548. The largest absolute Gasteiger partial charge is 0.467 e. The molecule has 1 aliphatic rings. The van der Waals surface area contributed by atoms with E-state index in [0.29, 0.717) is 19.1 Å². The molecule has 0 aliphatic carbocycles. The van der Waals surface area contributed by atoms with Crippen LogP contribution in [0.4, 0.5) is 0 Å². The Morgan fingerprint density at radius 3 is 2.03 bits per heavy atom. The Bertz CT molecular complexity index is 834. The van der Waals surface area contributed by atoms with Crippen molar-refractivity contribution in [3.05, 3.63) is 95.9 Å². The van der Waals surface area contributed by atoms with Gasteiger partial charge in [-0.15, -0.1) is 0 Å². The van der Waals surface area contributed by atoms with Crippen molar-refractivity contribution in [2.24, 2.45) is 0 Å². The number of benzene rings is 2. The van der Waals surface area contributed by atoms with Gasteiger partial charge in [-0.1, -0.05) is 60.7 Å². The highest BCUT2D eigenvalue weighted by Gasteiger charge is 2.32. The maximum Gasteiger partial charge on any atom is 0.275 e. The summed E-state index contributed by atoms with van der Waals surface area (Å²) >= 11 is 0. The summed E-state index contributed by atoms with van der Waals surface area (Å²) in [5, 5.41) is 2.96. The zero-order chi connectivity index (χ0) is 19.9. The summed E-state index contributed by atoms with van der Waals surface area (Å²) in [4.78, 5) is 15.2. The van der Waals surface area contributed by atoms with Crippen LogP contribution >= 0.6 is 0 Å². The van der Waals surface area contributed by atoms with Gasteiger partial charge in [0.25, 0.3) is 5.91 Å². The van der Waals surface area contributed by atoms with Gasteiger partial charge < -0.3 is 19.5 Å². The summed E-state index contributed by atoms with van der Waals surface area (Å²) in [7, 11) is 0. The molecule has 29 heavy (non-hydrogen) atoms. The highest BCUT2D eigenvalue weighted by atomic mass is 16.3. The first-order valence-corrected chi connectivity index (χ1v) is 10.4. The van der Waals surface area contributed by atoms with Crippen LogP contribution in [0.15, 0.2) is 83.5 Å². The van der Waals surface area contributed by atoms with E-state index in [2.05, 4.69) is 66.0 Å². The average Bonchev–Trinajstić information content (AvgIpc) is 3.29. The van der Waals surface area contributed by atoms with Gasteiger partial charge in [0.15, 0.2) is 6.54 Å². The summed E-state index contributed by atoms with van der Waals surface area (Å²) in [5.74, 6) is 0.874. The second-order valence-electron chi connectivity index (χ2n) is 7.70. The molecule has 1 aliphatic heterocycles. The predicted molar refractivity (Wildman–Crippen MR) is 112 cm³/mol. The van der Waals surface area contributed by atoms with Crippen LogP contribution < -0.4 is 15.1 Å². The first kappa shape index (κ1) is 19.4. The third-order valence-corrected chi connectivity index (χ3v) is 5.72. The minimum absolute atomic E-state index is 0.0857. The number of hydrogen-bond acceptors (Lipinski definition) is 2. The molecule has 3 aromatic rings. The van der Waals surface area contributed by atoms with Crippen molar-refractivity contribution in [2.75, 3.05) is 32.7 Å². The fourth-order valence-electron chi connectivity index (χ4n) is 4.23. The van der Waals surface area contributed by atoms with Gasteiger partial charge in [-0.3, -0.25) is 4.79 Å². The zero-order valence-corrected chi connectivity index (χ0v) is 16.6. The standard InChI is InChI=1S/C24H27N3O2/c28-23(25-18-22-12-7-17-29-22)19-26-13-15-27(16-14-26)24(20-8-3-1-4-9-20)21-10-5-2-6-11-21/h1-12,17,24H,13-16,18-19H2,(H,25,28)/p+2. The molecular formula is C24H29N3O2+2. The van der Waals surface area contributed by atoms with Gasteiger partial charge in [0.2, 0.25) is 0 Å². The van der Waals surface area contributed by atoms with Gasteiger partial charge in [-0.2, -0.15) is 0 Å². The molecule has 1 amide bonds. The van der Waals surface area contributed by atoms with Crippen LogP contribution in [-0.4, -0.2) is 38.6 Å². The van der Waals surface area contributed by atoms with E-state index in [1.165, 1.54) is 16.0 Å². The third kappa shape index (κ3) is 5.13. The Kier molecular flexibility index (Phi) is 6.39. The molecule has 3 N–H and O–H groups in total. The topological polar surface area (TPSA) is 51.1 Å². The molecule has 4 rings (SSSR count). The number of rotatable bonds is 7. The molecule has 5 heteroatoms. The number of amides is 1. The van der Waals surface area contributed by atoms with Gasteiger partial charge in [-0.05, 0) is 12.1 Å². The van der Waals surface area contributed by atoms with Crippen molar-refractivity contribution in [3.8, 4) is 0 Å². The van der Waals surface area contributed by atoms with Crippen molar-refractivity contribution in [3.63, 3.8) is 0 Å². The summed E-state index contributed by atoms with van der Waals surface area (Å²) in [6, 6.07) is 25.6. The van der Waals surface area contributed by atoms with Crippen LogP contribution in [0.5, 0.6) is 0 Å². The van der Waals surface area contributed by atoms with Crippen molar-refractivity contribution < 1.29 is 19.0 Å². The van der Waals surface area contributed by atoms with Gasteiger partial charge in [0.1, 0.15) is 38.0 Å². The van der Waals surface area contributed by atoms with Crippen molar-refractivity contribution >= 4 is 5.91 Å². The fraction of sp³-hybridized carbons (Fsp3) is 0.292. The molecule has 0 atom stereocenters. The number of nitrogens with one attached hydrogen (secondary N) is 3. The molecule has 2 heterocycles. The lowest BCUT2D eigenvalue weighted by Gasteiger charge is -2.34. The van der Waals surface area contributed by atoms with Crippen LogP contribution in [0.25, 0.3) is 0 Å². The third-order valence-electron chi connectivity index (χ3n) is 5.72. The molecule has 2 aromatic carbocycles. The van der Waals surface area contributed by atoms with E-state index in [1.807, 2.05) is 12.1 Å². The smallest absolute Gasteiger partial charge is 0.275 e. The van der Waals surface area contributed by atoms with E-state index < -0.39 is 0 Å². The Hall–Kier alpha value is -2.89. The summed E-state index contributed by atoms with van der Waals surface area (Å²) in [6.07, 6.45) is 1.63. The first-order chi connectivity index (χ1) is 14.3. The molecule has 150 valence electrons. The predicted octanol–water partition coefficient (Wildman–Crippen LogP) is 0.469. The van der Waals surface area contributed by atoms with Crippen molar-refractivity contribution in [2.45, 2.75) is 12.6 Å². The number of hydrogen-bond donors (Lipinski definition) is 3. The molecule has 1 saturated heterocycles. The first-order valence-electron chi connectivity index (χ1n) is 10.4.